The Morgan fingerprint density at radius 3 is 2.61 bits per heavy atom. The molecule has 3 heterocycles. The summed E-state index contributed by atoms with van der Waals surface area (Å²) in [7, 11) is 0. The van der Waals surface area contributed by atoms with Gasteiger partial charge >= 0.3 is 0 Å². The van der Waals surface area contributed by atoms with Crippen LogP contribution in [0.15, 0.2) is 6.07 Å². The van der Waals surface area contributed by atoms with Crippen molar-refractivity contribution in [3.63, 3.8) is 0 Å². The van der Waals surface area contributed by atoms with E-state index in [2.05, 4.69) is 9.88 Å². The molecule has 1 aromatic heterocycles. The fourth-order valence-electron chi connectivity index (χ4n) is 3.13. The molecule has 18 heavy (non-hydrogen) atoms. The summed E-state index contributed by atoms with van der Waals surface area (Å²) in [6, 6.07) is 1.95. The van der Waals surface area contributed by atoms with Gasteiger partial charge in [-0.05, 0) is 32.8 Å². The molecule has 2 aliphatic rings. The van der Waals surface area contributed by atoms with Crippen molar-refractivity contribution in [3.05, 3.63) is 23.0 Å². The number of aromatic amines is 1. The van der Waals surface area contributed by atoms with Crippen molar-refractivity contribution in [1.82, 2.24) is 9.88 Å². The van der Waals surface area contributed by atoms with Crippen LogP contribution < -0.4 is 0 Å². The molecule has 2 atom stereocenters. The van der Waals surface area contributed by atoms with Crippen molar-refractivity contribution in [3.8, 4) is 0 Å². The van der Waals surface area contributed by atoms with Gasteiger partial charge in [0.05, 0.1) is 18.8 Å². The first-order valence-electron chi connectivity index (χ1n) is 6.69. The van der Waals surface area contributed by atoms with Crippen LogP contribution >= 0.6 is 0 Å². The number of nitrogens with one attached hydrogen (secondary N) is 1. The number of hydrogen-bond donors (Lipinski definition) is 1. The van der Waals surface area contributed by atoms with Crippen molar-refractivity contribution < 1.29 is 9.53 Å². The number of aromatic nitrogens is 1. The monoisotopic (exact) mass is 248 g/mol. The summed E-state index contributed by atoms with van der Waals surface area (Å²) in [5, 5.41) is 0. The minimum Gasteiger partial charge on any atom is -0.372 e. The normalized spacial score (nSPS) is 27.7. The highest BCUT2D eigenvalue weighted by molar-refractivity contribution is 5.98. The number of fused-ring (bicyclic) bond motifs is 2. The predicted molar refractivity (Wildman–Crippen MR) is 68.9 cm³/mol. The van der Waals surface area contributed by atoms with Gasteiger partial charge in [-0.25, -0.2) is 0 Å². The molecule has 0 aromatic carbocycles. The smallest absolute Gasteiger partial charge is 0.178 e. The number of likely N-dealkylation sites (tertiary alicyclic amines) is 1. The highest BCUT2D eigenvalue weighted by Crippen LogP contribution is 2.26. The quantitative estimate of drug-likeness (QED) is 0.828. The molecule has 0 spiro atoms. The number of hydrogen-bond acceptors (Lipinski definition) is 3. The van der Waals surface area contributed by atoms with Crippen LogP contribution in [-0.2, 0) is 4.74 Å². The number of nitrogens with zero attached hydrogens (tertiary/aromatic N) is 1. The second-order valence-corrected chi connectivity index (χ2v) is 5.57. The molecule has 1 N–H and O–H groups in total. The van der Waals surface area contributed by atoms with Crippen LogP contribution in [0, 0.1) is 13.8 Å². The van der Waals surface area contributed by atoms with Crippen molar-refractivity contribution in [1.29, 1.82) is 0 Å². The topological polar surface area (TPSA) is 45.3 Å². The van der Waals surface area contributed by atoms with Crippen LogP contribution in [0.5, 0.6) is 0 Å². The van der Waals surface area contributed by atoms with Gasteiger partial charge in [-0.3, -0.25) is 9.69 Å². The second-order valence-electron chi connectivity index (χ2n) is 5.57. The van der Waals surface area contributed by atoms with Gasteiger partial charge in [0.15, 0.2) is 5.78 Å². The molecule has 3 rings (SSSR count). The number of rotatable bonds is 3. The van der Waals surface area contributed by atoms with Gasteiger partial charge < -0.3 is 9.72 Å². The van der Waals surface area contributed by atoms with E-state index in [0.29, 0.717) is 18.8 Å². The van der Waals surface area contributed by atoms with E-state index < -0.39 is 0 Å². The van der Waals surface area contributed by atoms with E-state index in [-0.39, 0.29) is 5.78 Å². The Morgan fingerprint density at radius 2 is 2.06 bits per heavy atom. The van der Waals surface area contributed by atoms with Gasteiger partial charge in [0.25, 0.3) is 0 Å². The zero-order valence-electron chi connectivity index (χ0n) is 11.0. The molecular weight excluding hydrogens is 228 g/mol. The van der Waals surface area contributed by atoms with Crippen LogP contribution in [0.4, 0.5) is 0 Å². The maximum Gasteiger partial charge on any atom is 0.178 e. The fourth-order valence-corrected chi connectivity index (χ4v) is 3.13. The lowest BCUT2D eigenvalue weighted by Gasteiger charge is -2.31. The number of ketones is 1. The molecule has 2 bridgehead atoms. The SMILES string of the molecule is Cc1cc(C(=O)CN2CC3CCC(C2)O3)c(C)[nH]1. The molecule has 2 aliphatic heterocycles. The number of morpholine rings is 1. The summed E-state index contributed by atoms with van der Waals surface area (Å²) in [4.78, 5) is 17.7. The molecule has 2 saturated heterocycles. The molecule has 2 fully saturated rings. The van der Waals surface area contributed by atoms with Crippen LogP contribution in [0.1, 0.15) is 34.6 Å². The van der Waals surface area contributed by atoms with E-state index in [1.54, 1.807) is 0 Å². The van der Waals surface area contributed by atoms with E-state index in [1.807, 2.05) is 19.9 Å². The Kier molecular flexibility index (Phi) is 2.99. The molecule has 4 heteroatoms. The van der Waals surface area contributed by atoms with Gasteiger partial charge in [-0.15, -0.1) is 0 Å². The molecule has 0 amide bonds. The Balaban J connectivity index is 1.66. The number of H-pyrrole nitrogens is 1. The standard InChI is InChI=1S/C14H20N2O2/c1-9-5-13(10(2)15-9)14(17)8-16-6-11-3-4-12(7-16)18-11/h5,11-12,15H,3-4,6-8H2,1-2H3. The molecule has 0 aliphatic carbocycles. The average Bonchev–Trinajstić information content (AvgIpc) is 2.81. The van der Waals surface area contributed by atoms with E-state index >= 15 is 0 Å². The zero-order chi connectivity index (χ0) is 12.7. The minimum atomic E-state index is 0.221. The average molecular weight is 248 g/mol. The first kappa shape index (κ1) is 11.9. The van der Waals surface area contributed by atoms with Crippen molar-refractivity contribution in [2.24, 2.45) is 0 Å². The lowest BCUT2D eigenvalue weighted by Crippen LogP contribution is -2.44. The third-order valence-electron chi connectivity index (χ3n) is 3.94. The summed E-state index contributed by atoms with van der Waals surface area (Å²) in [6.07, 6.45) is 3.01. The lowest BCUT2D eigenvalue weighted by atomic mass is 10.1. The highest BCUT2D eigenvalue weighted by atomic mass is 16.5. The number of Topliss-reactive ketones (excluding diaryl/α,β-unsaturated/α-hetero) is 1. The second kappa shape index (κ2) is 4.52. The van der Waals surface area contributed by atoms with Gasteiger partial charge in [-0.1, -0.05) is 0 Å². The van der Waals surface area contributed by atoms with E-state index in [0.717, 1.165) is 42.9 Å². The number of ether oxygens (including phenoxy) is 1. The summed E-state index contributed by atoms with van der Waals surface area (Å²) in [6.45, 7) is 6.28. The maximum absolute atomic E-state index is 12.3. The van der Waals surface area contributed by atoms with Crippen LogP contribution in [0.2, 0.25) is 0 Å². The molecule has 4 nitrogen and oxygen atoms in total. The Labute approximate surface area is 107 Å². The maximum atomic E-state index is 12.3. The van der Waals surface area contributed by atoms with Gasteiger partial charge in [0.2, 0.25) is 0 Å². The summed E-state index contributed by atoms with van der Waals surface area (Å²) >= 11 is 0. The summed E-state index contributed by atoms with van der Waals surface area (Å²) in [5.41, 5.74) is 2.87. The molecule has 98 valence electrons. The van der Waals surface area contributed by atoms with Crippen molar-refractivity contribution >= 4 is 5.78 Å². The largest absolute Gasteiger partial charge is 0.372 e. The number of aryl methyl sites for hydroxylation is 2. The van der Waals surface area contributed by atoms with Gasteiger partial charge in [0, 0.05) is 30.0 Å². The Morgan fingerprint density at radius 1 is 1.39 bits per heavy atom. The first-order valence-corrected chi connectivity index (χ1v) is 6.69. The first-order chi connectivity index (χ1) is 8.61. The molecule has 0 saturated carbocycles. The van der Waals surface area contributed by atoms with Crippen LogP contribution in [0.25, 0.3) is 0 Å². The fraction of sp³-hybridized carbons (Fsp3) is 0.643. The highest BCUT2D eigenvalue weighted by Gasteiger charge is 2.34. The molecule has 2 unspecified atom stereocenters. The van der Waals surface area contributed by atoms with Crippen molar-refractivity contribution in [2.75, 3.05) is 19.6 Å². The van der Waals surface area contributed by atoms with Crippen molar-refractivity contribution in [2.45, 2.75) is 38.9 Å². The third kappa shape index (κ3) is 2.22. The van der Waals surface area contributed by atoms with E-state index in [1.165, 1.54) is 0 Å². The number of carbonyl (C=O) groups excluding carboxylic acids is 1. The van der Waals surface area contributed by atoms with Crippen LogP contribution in [-0.4, -0.2) is 47.5 Å². The zero-order valence-corrected chi connectivity index (χ0v) is 11.0. The summed E-state index contributed by atoms with van der Waals surface area (Å²) < 4.78 is 5.78. The lowest BCUT2D eigenvalue weighted by molar-refractivity contribution is -0.0355. The predicted octanol–water partition coefficient (Wildman–Crippen LogP) is 1.68. The Bertz CT molecular complexity index is 454. The van der Waals surface area contributed by atoms with Gasteiger partial charge in [-0.2, -0.15) is 0 Å². The summed E-state index contributed by atoms with van der Waals surface area (Å²) in [5.74, 6) is 0.221. The molecule has 0 radical (unpaired) electrons. The van der Waals surface area contributed by atoms with E-state index in [4.69, 9.17) is 4.74 Å². The molecular formula is C14H20N2O2. The minimum absolute atomic E-state index is 0.221. The molecule has 1 aromatic rings. The number of carbonyl (C=O) groups is 1. The van der Waals surface area contributed by atoms with Crippen LogP contribution in [0.3, 0.4) is 0 Å². The third-order valence-corrected chi connectivity index (χ3v) is 3.94. The Hall–Kier alpha value is -1.13. The van der Waals surface area contributed by atoms with E-state index in [9.17, 15) is 4.79 Å². The van der Waals surface area contributed by atoms with Gasteiger partial charge in [0.1, 0.15) is 0 Å².